The van der Waals surface area contributed by atoms with Crippen molar-refractivity contribution in [1.29, 1.82) is 0 Å². The van der Waals surface area contributed by atoms with Gasteiger partial charge in [0.25, 0.3) is 11.8 Å². The molecule has 1 spiro atoms. The van der Waals surface area contributed by atoms with Crippen LogP contribution in [0, 0.1) is 12.7 Å². The molecule has 2 aliphatic heterocycles. The first-order chi connectivity index (χ1) is 17.9. The normalized spacial score (nSPS) is 18.7. The molecule has 0 saturated carbocycles. The summed E-state index contributed by atoms with van der Waals surface area (Å²) >= 11 is 0. The van der Waals surface area contributed by atoms with Crippen molar-refractivity contribution in [2.75, 3.05) is 19.7 Å². The average Bonchev–Trinajstić information content (AvgIpc) is 3.55. The maximum Gasteiger partial charge on any atom is 0.256 e. The number of hydrogen-bond acceptors (Lipinski definition) is 5. The van der Waals surface area contributed by atoms with Crippen LogP contribution in [0.2, 0.25) is 0 Å². The van der Waals surface area contributed by atoms with Gasteiger partial charge in [-0.05, 0) is 49.4 Å². The Kier molecular flexibility index (Phi) is 6.80. The van der Waals surface area contributed by atoms with Crippen molar-refractivity contribution in [3.63, 3.8) is 0 Å². The topological polar surface area (TPSA) is 92.1 Å². The lowest BCUT2D eigenvalue weighted by Crippen LogP contribution is -2.59. The van der Waals surface area contributed by atoms with Gasteiger partial charge in [0.15, 0.2) is 0 Å². The van der Waals surface area contributed by atoms with Crippen LogP contribution in [-0.4, -0.2) is 59.0 Å². The fourth-order valence-corrected chi connectivity index (χ4v) is 5.05. The second-order valence-corrected chi connectivity index (χ2v) is 9.42. The minimum absolute atomic E-state index is 0.0411. The van der Waals surface area contributed by atoms with Gasteiger partial charge in [-0.3, -0.25) is 19.3 Å². The van der Waals surface area contributed by atoms with Gasteiger partial charge in [0.05, 0.1) is 19.4 Å². The van der Waals surface area contributed by atoms with E-state index in [2.05, 4.69) is 5.32 Å². The number of nitrogens with zero attached hydrogens (tertiary/aromatic N) is 2. The van der Waals surface area contributed by atoms with Crippen molar-refractivity contribution in [1.82, 2.24) is 15.1 Å². The van der Waals surface area contributed by atoms with Crippen molar-refractivity contribution in [3.8, 4) is 0 Å². The minimum Gasteiger partial charge on any atom is -0.467 e. The molecule has 1 N–H and O–H groups in total. The van der Waals surface area contributed by atoms with Gasteiger partial charge < -0.3 is 19.4 Å². The lowest BCUT2D eigenvalue weighted by molar-refractivity contribution is -0.128. The fourth-order valence-electron chi connectivity index (χ4n) is 5.05. The third-order valence-corrected chi connectivity index (χ3v) is 6.97. The molecule has 3 heterocycles. The van der Waals surface area contributed by atoms with E-state index < -0.39 is 17.6 Å². The Morgan fingerprint density at radius 2 is 1.73 bits per heavy atom. The number of nitrogens with one attached hydrogen (secondary N) is 1. The van der Waals surface area contributed by atoms with Crippen LogP contribution in [0.3, 0.4) is 0 Å². The summed E-state index contributed by atoms with van der Waals surface area (Å²) < 4.78 is 25.2. The first kappa shape index (κ1) is 24.7. The molecular weight excluding hydrogens is 477 g/mol. The van der Waals surface area contributed by atoms with E-state index in [-0.39, 0.29) is 36.4 Å². The highest BCUT2D eigenvalue weighted by Crippen LogP contribution is 2.39. The van der Waals surface area contributed by atoms with Crippen LogP contribution in [0.25, 0.3) is 0 Å². The van der Waals surface area contributed by atoms with E-state index in [1.165, 1.54) is 24.5 Å². The molecule has 37 heavy (non-hydrogen) atoms. The zero-order chi connectivity index (χ0) is 26.0. The number of rotatable bonds is 5. The average molecular weight is 506 g/mol. The summed E-state index contributed by atoms with van der Waals surface area (Å²) in [7, 11) is 0. The highest BCUT2D eigenvalue weighted by atomic mass is 19.1. The molecule has 0 bridgehead atoms. The molecule has 2 aromatic carbocycles. The minimum atomic E-state index is -1.04. The van der Waals surface area contributed by atoms with Crippen LogP contribution < -0.4 is 5.32 Å². The lowest BCUT2D eigenvalue weighted by Gasteiger charge is -2.44. The van der Waals surface area contributed by atoms with Gasteiger partial charge in [0.2, 0.25) is 5.91 Å². The molecule has 2 saturated heterocycles. The van der Waals surface area contributed by atoms with E-state index >= 15 is 0 Å². The van der Waals surface area contributed by atoms with Crippen LogP contribution >= 0.6 is 0 Å². The number of carbonyl (C=O) groups excluding carboxylic acids is 3. The Labute approximate surface area is 214 Å². The largest absolute Gasteiger partial charge is 0.467 e. The summed E-state index contributed by atoms with van der Waals surface area (Å²) in [6.07, 6.45) is 2.18. The number of hydrogen-bond donors (Lipinski definition) is 1. The maximum absolute atomic E-state index is 13.8. The zero-order valence-corrected chi connectivity index (χ0v) is 20.5. The SMILES string of the molecule is Cc1cccc(C(=O)N2[C@H](C(=O)NCc3ccco3)COC23CCN(C(=O)c2cccc(F)c2)CC3)c1. The Morgan fingerprint density at radius 1 is 1.00 bits per heavy atom. The molecular formula is C28H28FN3O5. The van der Waals surface area contributed by atoms with Gasteiger partial charge in [0.1, 0.15) is 23.3 Å². The third-order valence-electron chi connectivity index (χ3n) is 6.97. The molecule has 3 amide bonds. The van der Waals surface area contributed by atoms with Gasteiger partial charge in [-0.25, -0.2) is 4.39 Å². The second kappa shape index (κ2) is 10.2. The summed E-state index contributed by atoms with van der Waals surface area (Å²) in [6, 6.07) is 15.5. The van der Waals surface area contributed by atoms with Crippen molar-refractivity contribution in [3.05, 3.63) is 95.2 Å². The molecule has 1 aromatic heterocycles. The molecule has 3 aromatic rings. The highest BCUT2D eigenvalue weighted by molar-refractivity contribution is 5.99. The zero-order valence-electron chi connectivity index (χ0n) is 20.5. The number of furan rings is 1. The quantitative estimate of drug-likeness (QED) is 0.573. The summed E-state index contributed by atoms with van der Waals surface area (Å²) in [5.74, 6) is -0.798. The van der Waals surface area contributed by atoms with E-state index in [1.54, 1.807) is 46.2 Å². The van der Waals surface area contributed by atoms with E-state index in [4.69, 9.17) is 9.15 Å². The Hall–Kier alpha value is -3.98. The van der Waals surface area contributed by atoms with Crippen LogP contribution in [0.4, 0.5) is 4.39 Å². The second-order valence-electron chi connectivity index (χ2n) is 9.42. The van der Waals surface area contributed by atoms with Crippen molar-refractivity contribution < 1.29 is 27.9 Å². The summed E-state index contributed by atoms with van der Waals surface area (Å²) in [6.45, 7) is 2.73. The van der Waals surface area contributed by atoms with Gasteiger partial charge in [0, 0.05) is 37.1 Å². The molecule has 2 aliphatic rings. The smallest absolute Gasteiger partial charge is 0.256 e. The summed E-state index contributed by atoms with van der Waals surface area (Å²) in [4.78, 5) is 43.2. The van der Waals surface area contributed by atoms with E-state index in [0.29, 0.717) is 37.3 Å². The van der Waals surface area contributed by atoms with Crippen molar-refractivity contribution in [2.24, 2.45) is 0 Å². The van der Waals surface area contributed by atoms with Gasteiger partial charge in [-0.1, -0.05) is 23.8 Å². The standard InChI is InChI=1S/C28H28FN3O5/c1-19-5-2-6-20(15-19)27(35)32-24(25(33)30-17-23-9-4-14-36-23)18-37-28(32)10-12-31(13-11-28)26(34)21-7-3-8-22(29)16-21/h2-9,14-16,24H,10-13,17-18H2,1H3,(H,30,33)/t24-/m0/s1. The molecule has 8 nitrogen and oxygen atoms in total. The molecule has 192 valence electrons. The predicted octanol–water partition coefficient (Wildman–Crippen LogP) is 3.52. The summed E-state index contributed by atoms with van der Waals surface area (Å²) in [5, 5.41) is 2.84. The molecule has 0 aliphatic carbocycles. The fraction of sp³-hybridized carbons (Fsp3) is 0.321. The van der Waals surface area contributed by atoms with Gasteiger partial charge >= 0.3 is 0 Å². The van der Waals surface area contributed by atoms with Crippen LogP contribution in [0.15, 0.2) is 71.3 Å². The molecule has 2 fully saturated rings. The van der Waals surface area contributed by atoms with E-state index in [0.717, 1.165) is 5.56 Å². The third kappa shape index (κ3) is 4.99. The number of amides is 3. The van der Waals surface area contributed by atoms with Crippen LogP contribution in [0.1, 0.15) is 44.9 Å². The van der Waals surface area contributed by atoms with Crippen LogP contribution in [0.5, 0.6) is 0 Å². The molecule has 9 heteroatoms. The predicted molar refractivity (Wildman–Crippen MR) is 132 cm³/mol. The van der Waals surface area contributed by atoms with E-state index in [9.17, 15) is 18.8 Å². The number of benzene rings is 2. The number of aryl methyl sites for hydroxylation is 1. The first-order valence-corrected chi connectivity index (χ1v) is 12.3. The number of carbonyl (C=O) groups is 3. The molecule has 0 unspecified atom stereocenters. The maximum atomic E-state index is 13.8. The van der Waals surface area contributed by atoms with Crippen LogP contribution in [-0.2, 0) is 16.1 Å². The first-order valence-electron chi connectivity index (χ1n) is 12.3. The molecule has 1 atom stereocenters. The van der Waals surface area contributed by atoms with Gasteiger partial charge in [-0.2, -0.15) is 0 Å². The Bertz CT molecular complexity index is 1300. The molecule has 0 radical (unpaired) electrons. The number of piperidine rings is 1. The number of ether oxygens (including phenoxy) is 1. The highest BCUT2D eigenvalue weighted by Gasteiger charge is 2.54. The van der Waals surface area contributed by atoms with Crippen molar-refractivity contribution in [2.45, 2.75) is 38.1 Å². The summed E-state index contributed by atoms with van der Waals surface area (Å²) in [5.41, 5.74) is 0.624. The Balaban J connectivity index is 1.37. The monoisotopic (exact) mass is 505 g/mol. The van der Waals surface area contributed by atoms with E-state index in [1.807, 2.05) is 13.0 Å². The lowest BCUT2D eigenvalue weighted by atomic mass is 9.95. The van der Waals surface area contributed by atoms with Crippen molar-refractivity contribution >= 4 is 17.7 Å². The Morgan fingerprint density at radius 3 is 2.41 bits per heavy atom. The van der Waals surface area contributed by atoms with Gasteiger partial charge in [-0.15, -0.1) is 0 Å². The number of halogens is 1. The number of likely N-dealkylation sites (tertiary alicyclic amines) is 1. The molecule has 5 rings (SSSR count).